The molecule has 0 atom stereocenters. The molecule has 1 N–H and O–H groups in total. The maximum Gasteiger partial charge on any atom is 0.163 e. The highest BCUT2D eigenvalue weighted by Crippen LogP contribution is 2.24. The van der Waals surface area contributed by atoms with Crippen molar-refractivity contribution < 1.29 is 0 Å². The van der Waals surface area contributed by atoms with Gasteiger partial charge < -0.3 is 5.32 Å². The van der Waals surface area contributed by atoms with Gasteiger partial charge in [-0.15, -0.1) is 0 Å². The van der Waals surface area contributed by atoms with Crippen molar-refractivity contribution in [3.05, 3.63) is 12.0 Å². The molecule has 0 spiro atoms. The summed E-state index contributed by atoms with van der Waals surface area (Å²) in [5, 5.41) is 8.38. The minimum atomic E-state index is 0.680. The van der Waals surface area contributed by atoms with Crippen LogP contribution in [-0.4, -0.2) is 44.8 Å². The summed E-state index contributed by atoms with van der Waals surface area (Å²) in [6, 6.07) is 0.680. The average molecular weight is 274 g/mol. The Morgan fingerprint density at radius 1 is 1.35 bits per heavy atom. The van der Waals surface area contributed by atoms with Crippen LogP contribution >= 0.6 is 0 Å². The van der Waals surface area contributed by atoms with Gasteiger partial charge in [0.25, 0.3) is 0 Å². The Kier molecular flexibility index (Phi) is 3.56. The van der Waals surface area contributed by atoms with Crippen molar-refractivity contribution in [2.24, 2.45) is 7.05 Å². The summed E-state index contributed by atoms with van der Waals surface area (Å²) < 4.78 is 1.80. The number of hydrogen-bond donors (Lipinski definition) is 1. The van der Waals surface area contributed by atoms with E-state index in [-0.39, 0.29) is 0 Å². The van der Waals surface area contributed by atoms with Gasteiger partial charge in [-0.1, -0.05) is 12.8 Å². The standard InChI is InChI=1S/C14H22N6/c1-15-13-11-8-16-20(3)14(11)18-12(17-13)9-19(2)10-6-4-5-7-10/h8,10H,4-7,9H2,1-3H3,(H,15,17,18). The molecule has 0 aromatic carbocycles. The van der Waals surface area contributed by atoms with Crippen LogP contribution in [0.5, 0.6) is 0 Å². The SMILES string of the molecule is CNc1nc(CN(C)C2CCCC2)nc2c1cnn2C. The van der Waals surface area contributed by atoms with Gasteiger partial charge >= 0.3 is 0 Å². The zero-order valence-electron chi connectivity index (χ0n) is 12.4. The molecule has 0 amide bonds. The van der Waals surface area contributed by atoms with Crippen molar-refractivity contribution in [1.29, 1.82) is 0 Å². The van der Waals surface area contributed by atoms with E-state index < -0.39 is 0 Å². The van der Waals surface area contributed by atoms with Crippen LogP contribution in [0.2, 0.25) is 0 Å². The molecule has 6 heteroatoms. The predicted octanol–water partition coefficient (Wildman–Crippen LogP) is 1.78. The van der Waals surface area contributed by atoms with Crippen LogP contribution in [0.4, 0.5) is 5.82 Å². The summed E-state index contributed by atoms with van der Waals surface area (Å²) in [5.41, 5.74) is 0.888. The van der Waals surface area contributed by atoms with Crippen molar-refractivity contribution in [3.8, 4) is 0 Å². The van der Waals surface area contributed by atoms with Gasteiger partial charge in [-0.2, -0.15) is 5.10 Å². The summed E-state index contributed by atoms with van der Waals surface area (Å²) >= 11 is 0. The molecule has 1 saturated carbocycles. The number of nitrogens with zero attached hydrogens (tertiary/aromatic N) is 5. The van der Waals surface area contributed by atoms with E-state index in [4.69, 9.17) is 0 Å². The van der Waals surface area contributed by atoms with Crippen molar-refractivity contribution in [1.82, 2.24) is 24.6 Å². The Morgan fingerprint density at radius 3 is 2.80 bits per heavy atom. The van der Waals surface area contributed by atoms with E-state index in [9.17, 15) is 0 Å². The minimum Gasteiger partial charge on any atom is -0.372 e. The van der Waals surface area contributed by atoms with Gasteiger partial charge in [0.15, 0.2) is 5.65 Å². The number of aryl methyl sites for hydroxylation is 1. The number of anilines is 1. The van der Waals surface area contributed by atoms with Gasteiger partial charge in [0.05, 0.1) is 18.1 Å². The van der Waals surface area contributed by atoms with E-state index in [0.717, 1.165) is 29.2 Å². The van der Waals surface area contributed by atoms with Crippen molar-refractivity contribution >= 4 is 16.9 Å². The summed E-state index contributed by atoms with van der Waals surface area (Å²) in [6.45, 7) is 0.792. The monoisotopic (exact) mass is 274 g/mol. The van der Waals surface area contributed by atoms with Gasteiger partial charge in [-0.05, 0) is 19.9 Å². The lowest BCUT2D eigenvalue weighted by Crippen LogP contribution is -2.29. The van der Waals surface area contributed by atoms with E-state index in [1.165, 1.54) is 25.7 Å². The lowest BCUT2D eigenvalue weighted by molar-refractivity contribution is 0.232. The quantitative estimate of drug-likeness (QED) is 0.921. The lowest BCUT2D eigenvalue weighted by Gasteiger charge is -2.23. The molecule has 1 aliphatic carbocycles. The normalized spacial score (nSPS) is 16.4. The zero-order valence-corrected chi connectivity index (χ0v) is 12.4. The third kappa shape index (κ3) is 2.35. The smallest absolute Gasteiger partial charge is 0.163 e. The maximum atomic E-state index is 4.66. The van der Waals surface area contributed by atoms with Gasteiger partial charge in [-0.25, -0.2) is 9.97 Å². The fourth-order valence-electron chi connectivity index (χ4n) is 3.03. The van der Waals surface area contributed by atoms with E-state index >= 15 is 0 Å². The molecule has 1 aliphatic rings. The predicted molar refractivity (Wildman–Crippen MR) is 79.6 cm³/mol. The molecule has 2 aromatic heterocycles. The van der Waals surface area contributed by atoms with E-state index in [2.05, 4.69) is 32.3 Å². The van der Waals surface area contributed by atoms with Crippen LogP contribution in [-0.2, 0) is 13.6 Å². The molecule has 0 radical (unpaired) electrons. The topological polar surface area (TPSA) is 58.9 Å². The molecule has 20 heavy (non-hydrogen) atoms. The summed E-state index contributed by atoms with van der Waals surface area (Å²) in [7, 11) is 5.98. The molecule has 1 fully saturated rings. The lowest BCUT2D eigenvalue weighted by atomic mass is 10.2. The number of fused-ring (bicyclic) bond motifs is 1. The van der Waals surface area contributed by atoms with Gasteiger partial charge in [0.1, 0.15) is 11.6 Å². The molecule has 0 saturated heterocycles. The molecular formula is C14H22N6. The van der Waals surface area contributed by atoms with Crippen LogP contribution < -0.4 is 5.32 Å². The highest BCUT2D eigenvalue weighted by Gasteiger charge is 2.21. The minimum absolute atomic E-state index is 0.680. The fourth-order valence-corrected chi connectivity index (χ4v) is 3.03. The Morgan fingerprint density at radius 2 is 2.10 bits per heavy atom. The molecule has 2 aromatic rings. The van der Waals surface area contributed by atoms with Crippen molar-refractivity contribution in [3.63, 3.8) is 0 Å². The summed E-state index contributed by atoms with van der Waals surface area (Å²) in [6.07, 6.45) is 7.09. The number of nitrogens with one attached hydrogen (secondary N) is 1. The number of hydrogen-bond acceptors (Lipinski definition) is 5. The van der Waals surface area contributed by atoms with E-state index in [1.807, 2.05) is 20.3 Å². The van der Waals surface area contributed by atoms with Crippen LogP contribution in [0.3, 0.4) is 0 Å². The number of aromatic nitrogens is 4. The molecule has 0 bridgehead atoms. The van der Waals surface area contributed by atoms with E-state index in [0.29, 0.717) is 6.04 Å². The molecule has 3 rings (SSSR count). The highest BCUT2D eigenvalue weighted by molar-refractivity contribution is 5.86. The van der Waals surface area contributed by atoms with Crippen molar-refractivity contribution in [2.75, 3.05) is 19.4 Å². The molecule has 6 nitrogen and oxygen atoms in total. The summed E-state index contributed by atoms with van der Waals surface area (Å²) in [4.78, 5) is 11.7. The zero-order chi connectivity index (χ0) is 14.1. The van der Waals surface area contributed by atoms with Crippen molar-refractivity contribution in [2.45, 2.75) is 38.3 Å². The summed E-state index contributed by atoms with van der Waals surface area (Å²) in [5.74, 6) is 1.72. The first kappa shape index (κ1) is 13.3. The molecule has 0 aliphatic heterocycles. The third-order valence-electron chi connectivity index (χ3n) is 4.21. The fraction of sp³-hybridized carbons (Fsp3) is 0.643. The molecule has 0 unspecified atom stereocenters. The Bertz CT molecular complexity index is 599. The van der Waals surface area contributed by atoms with Gasteiger partial charge in [0, 0.05) is 20.1 Å². The third-order valence-corrected chi connectivity index (χ3v) is 4.21. The first-order valence-corrected chi connectivity index (χ1v) is 7.25. The van der Waals surface area contributed by atoms with Gasteiger partial charge in [-0.3, -0.25) is 9.58 Å². The Labute approximate surface area is 119 Å². The van der Waals surface area contributed by atoms with Crippen LogP contribution in [0, 0.1) is 0 Å². The first-order chi connectivity index (χ1) is 9.69. The van der Waals surface area contributed by atoms with Crippen LogP contribution in [0.25, 0.3) is 11.0 Å². The largest absolute Gasteiger partial charge is 0.372 e. The second-order valence-electron chi connectivity index (χ2n) is 5.60. The second kappa shape index (κ2) is 5.36. The Hall–Kier alpha value is -1.69. The average Bonchev–Trinajstić information content (AvgIpc) is 3.09. The molecule has 108 valence electrons. The number of rotatable bonds is 4. The molecule has 2 heterocycles. The molecular weight excluding hydrogens is 252 g/mol. The van der Waals surface area contributed by atoms with Crippen LogP contribution in [0.1, 0.15) is 31.5 Å². The maximum absolute atomic E-state index is 4.66. The van der Waals surface area contributed by atoms with Gasteiger partial charge in [0.2, 0.25) is 0 Å². The van der Waals surface area contributed by atoms with Crippen LogP contribution in [0.15, 0.2) is 6.20 Å². The second-order valence-corrected chi connectivity index (χ2v) is 5.60. The van der Waals surface area contributed by atoms with E-state index in [1.54, 1.807) is 4.68 Å². The Balaban J connectivity index is 1.88. The first-order valence-electron chi connectivity index (χ1n) is 7.25. The highest BCUT2D eigenvalue weighted by atomic mass is 15.3.